The molecule has 1 N–H and O–H groups in total. The first-order valence-corrected chi connectivity index (χ1v) is 12.6. The van der Waals surface area contributed by atoms with Crippen LogP contribution in [0.5, 0.6) is 11.5 Å². The van der Waals surface area contributed by atoms with E-state index in [1.165, 1.54) is 14.2 Å². The largest absolute Gasteiger partial charge is 0.493 e. The predicted molar refractivity (Wildman–Crippen MR) is 143 cm³/mol. The van der Waals surface area contributed by atoms with Crippen molar-refractivity contribution in [1.82, 2.24) is 5.32 Å². The van der Waals surface area contributed by atoms with E-state index in [0.717, 1.165) is 11.3 Å². The van der Waals surface area contributed by atoms with Gasteiger partial charge in [0.2, 0.25) is 0 Å². The van der Waals surface area contributed by atoms with Crippen LogP contribution in [-0.2, 0) is 23.8 Å². The molecule has 39 heavy (non-hydrogen) atoms. The molecule has 2 aromatic carbocycles. The Morgan fingerprint density at radius 2 is 1.56 bits per heavy atom. The van der Waals surface area contributed by atoms with E-state index in [-0.39, 0.29) is 31.3 Å². The topological polar surface area (TPSA) is 109 Å². The van der Waals surface area contributed by atoms with Gasteiger partial charge in [0.25, 0.3) is 0 Å². The molecule has 0 bridgehead atoms. The lowest BCUT2D eigenvalue weighted by Crippen LogP contribution is -2.36. The van der Waals surface area contributed by atoms with Gasteiger partial charge in [0.05, 0.1) is 39.1 Å². The summed E-state index contributed by atoms with van der Waals surface area (Å²) in [4.78, 5) is 39.1. The number of carbonyl (C=O) groups is 3. The highest BCUT2D eigenvalue weighted by Gasteiger charge is 2.41. The van der Waals surface area contributed by atoms with Gasteiger partial charge >= 0.3 is 11.9 Å². The Hall–Kier alpha value is -4.11. The van der Waals surface area contributed by atoms with Crippen LogP contribution in [0.25, 0.3) is 0 Å². The summed E-state index contributed by atoms with van der Waals surface area (Å²) in [6, 6.07) is 12.4. The van der Waals surface area contributed by atoms with Gasteiger partial charge in [0.15, 0.2) is 17.3 Å². The van der Waals surface area contributed by atoms with Gasteiger partial charge in [-0.05, 0) is 54.7 Å². The van der Waals surface area contributed by atoms with E-state index in [9.17, 15) is 14.4 Å². The lowest BCUT2D eigenvalue weighted by Gasteiger charge is -2.36. The fourth-order valence-electron chi connectivity index (χ4n) is 5.21. The van der Waals surface area contributed by atoms with E-state index >= 15 is 0 Å². The Morgan fingerprint density at radius 1 is 0.872 bits per heavy atom. The van der Waals surface area contributed by atoms with Gasteiger partial charge in [-0.15, -0.1) is 0 Å². The Balaban J connectivity index is 1.74. The number of hydrogen-bond acceptors (Lipinski definition) is 9. The first kappa shape index (κ1) is 27.9. The zero-order valence-corrected chi connectivity index (χ0v) is 22.8. The number of dihydropyridines is 1. The second kappa shape index (κ2) is 12.2. The van der Waals surface area contributed by atoms with E-state index < -0.39 is 17.9 Å². The number of ether oxygens (including phenoxy) is 5. The van der Waals surface area contributed by atoms with Crippen LogP contribution in [-0.4, -0.2) is 59.4 Å². The highest BCUT2D eigenvalue weighted by Crippen LogP contribution is 2.46. The van der Waals surface area contributed by atoms with Gasteiger partial charge < -0.3 is 29.0 Å². The van der Waals surface area contributed by atoms with Gasteiger partial charge in [-0.2, -0.15) is 0 Å². The van der Waals surface area contributed by atoms with Crippen molar-refractivity contribution in [2.75, 3.05) is 41.7 Å². The molecule has 1 heterocycles. The molecule has 0 spiro atoms. The van der Waals surface area contributed by atoms with Gasteiger partial charge in [-0.25, -0.2) is 9.59 Å². The van der Waals surface area contributed by atoms with Gasteiger partial charge in [0, 0.05) is 36.4 Å². The molecule has 2 aliphatic rings. The van der Waals surface area contributed by atoms with Crippen molar-refractivity contribution >= 4 is 17.7 Å². The van der Waals surface area contributed by atoms with Gasteiger partial charge in [0.1, 0.15) is 6.61 Å². The average Bonchev–Trinajstić information content (AvgIpc) is 2.95. The predicted octanol–water partition coefficient (Wildman–Crippen LogP) is 4.04. The van der Waals surface area contributed by atoms with E-state index in [4.69, 9.17) is 23.7 Å². The third kappa shape index (κ3) is 5.68. The van der Waals surface area contributed by atoms with E-state index in [0.29, 0.717) is 45.9 Å². The standard InChI is InChI=1S/C30H33NO8/c1-17-26(30(34)39-13-12-35-2)27(18-6-8-19(9-7-18)29(33)38-5)28-22(31-17)14-21(15-23(28)32)20-10-11-24(36-3)25(16-20)37-4/h6-11,16,21,27,31H,12-15H2,1-5H3. The number of benzene rings is 2. The molecule has 1 aliphatic heterocycles. The second-order valence-electron chi connectivity index (χ2n) is 9.37. The molecular weight excluding hydrogens is 502 g/mol. The molecule has 0 fully saturated rings. The summed E-state index contributed by atoms with van der Waals surface area (Å²) in [7, 11) is 6.00. The number of esters is 2. The molecule has 0 radical (unpaired) electrons. The number of Topliss-reactive ketones (excluding diaryl/α,β-unsaturated/α-hetero) is 1. The Kier molecular flexibility index (Phi) is 8.71. The van der Waals surface area contributed by atoms with Crippen LogP contribution in [0, 0.1) is 0 Å². The van der Waals surface area contributed by atoms with E-state index in [1.807, 2.05) is 18.2 Å². The molecular formula is C30H33NO8. The number of allylic oxidation sites excluding steroid dienone is 3. The van der Waals surface area contributed by atoms with Crippen LogP contribution in [0.1, 0.15) is 53.1 Å². The third-order valence-corrected chi connectivity index (χ3v) is 7.11. The van der Waals surface area contributed by atoms with Crippen molar-refractivity contribution in [3.05, 3.63) is 81.7 Å². The zero-order chi connectivity index (χ0) is 28.1. The van der Waals surface area contributed by atoms with E-state index in [2.05, 4.69) is 5.32 Å². The molecule has 0 amide bonds. The summed E-state index contributed by atoms with van der Waals surface area (Å²) in [5, 5.41) is 3.34. The molecule has 9 heteroatoms. The van der Waals surface area contributed by atoms with Crippen molar-refractivity contribution in [3.8, 4) is 11.5 Å². The number of nitrogens with one attached hydrogen (secondary N) is 1. The monoisotopic (exact) mass is 535 g/mol. The summed E-state index contributed by atoms with van der Waals surface area (Å²) in [5.41, 5.74) is 4.29. The number of rotatable bonds is 9. The minimum absolute atomic E-state index is 0.0692. The fourth-order valence-corrected chi connectivity index (χ4v) is 5.21. The molecule has 9 nitrogen and oxygen atoms in total. The highest BCUT2D eigenvalue weighted by molar-refractivity contribution is 6.04. The maximum absolute atomic E-state index is 13.8. The number of hydrogen-bond donors (Lipinski definition) is 1. The second-order valence-corrected chi connectivity index (χ2v) is 9.37. The molecule has 0 saturated carbocycles. The SMILES string of the molecule is COCCOC(=O)C1=C(C)NC2=C(C(=O)CC(c3ccc(OC)c(OC)c3)C2)C1c1ccc(C(=O)OC)cc1. The minimum atomic E-state index is -0.651. The fraction of sp³-hybridized carbons (Fsp3) is 0.367. The normalized spacial score (nSPS) is 18.7. The van der Waals surface area contributed by atoms with Crippen molar-refractivity contribution in [3.63, 3.8) is 0 Å². The first-order valence-electron chi connectivity index (χ1n) is 12.6. The summed E-state index contributed by atoms with van der Waals surface area (Å²) >= 11 is 0. The maximum Gasteiger partial charge on any atom is 0.337 e. The Morgan fingerprint density at radius 3 is 2.21 bits per heavy atom. The third-order valence-electron chi connectivity index (χ3n) is 7.11. The van der Waals surface area contributed by atoms with Crippen LogP contribution in [0.3, 0.4) is 0 Å². The lowest BCUT2D eigenvalue weighted by molar-refractivity contribution is -0.140. The van der Waals surface area contributed by atoms with Crippen molar-refractivity contribution in [2.45, 2.75) is 31.6 Å². The van der Waals surface area contributed by atoms with Crippen LogP contribution < -0.4 is 14.8 Å². The quantitative estimate of drug-likeness (QED) is 0.376. The number of carbonyl (C=O) groups excluding carboxylic acids is 3. The summed E-state index contributed by atoms with van der Waals surface area (Å²) in [6.45, 7) is 2.14. The van der Waals surface area contributed by atoms with Crippen molar-refractivity contribution < 1.29 is 38.1 Å². The average molecular weight is 536 g/mol. The maximum atomic E-state index is 13.8. The van der Waals surface area contributed by atoms with E-state index in [1.54, 1.807) is 45.4 Å². The Labute approximate surface area is 227 Å². The lowest BCUT2D eigenvalue weighted by atomic mass is 9.71. The molecule has 206 valence electrons. The molecule has 2 aromatic rings. The molecule has 1 aliphatic carbocycles. The summed E-state index contributed by atoms with van der Waals surface area (Å²) < 4.78 is 26.1. The van der Waals surface area contributed by atoms with Crippen molar-refractivity contribution in [1.29, 1.82) is 0 Å². The number of methoxy groups -OCH3 is 4. The molecule has 4 rings (SSSR count). The summed E-state index contributed by atoms with van der Waals surface area (Å²) in [6.07, 6.45) is 0.828. The van der Waals surface area contributed by atoms with Gasteiger partial charge in [-0.3, -0.25) is 4.79 Å². The van der Waals surface area contributed by atoms with Crippen LogP contribution in [0.2, 0.25) is 0 Å². The zero-order valence-electron chi connectivity index (χ0n) is 22.8. The molecule has 0 aromatic heterocycles. The minimum Gasteiger partial charge on any atom is -0.493 e. The van der Waals surface area contributed by atoms with Crippen molar-refractivity contribution in [2.24, 2.45) is 0 Å². The van der Waals surface area contributed by atoms with Crippen LogP contribution in [0.15, 0.2) is 65.0 Å². The number of ketones is 1. The molecule has 0 saturated heterocycles. The summed E-state index contributed by atoms with van der Waals surface area (Å²) in [5.74, 6) is -0.592. The van der Waals surface area contributed by atoms with Crippen LogP contribution >= 0.6 is 0 Å². The first-order chi connectivity index (χ1) is 18.8. The Bertz CT molecular complexity index is 1320. The molecule has 2 unspecified atom stereocenters. The smallest absolute Gasteiger partial charge is 0.337 e. The molecule has 2 atom stereocenters. The van der Waals surface area contributed by atoms with Crippen LogP contribution in [0.4, 0.5) is 0 Å². The highest BCUT2D eigenvalue weighted by atomic mass is 16.6. The van der Waals surface area contributed by atoms with Gasteiger partial charge in [-0.1, -0.05) is 18.2 Å².